The molecule has 0 unspecified atom stereocenters. The van der Waals surface area contributed by atoms with Crippen LogP contribution in [0.25, 0.3) is 0 Å². The number of aromatic carboxylic acids is 1. The van der Waals surface area contributed by atoms with Crippen LogP contribution in [0.5, 0.6) is 17.2 Å². The first-order valence-electron chi connectivity index (χ1n) is 7.12. The molecule has 25 heavy (non-hydrogen) atoms. The van der Waals surface area contributed by atoms with Gasteiger partial charge in [-0.1, -0.05) is 0 Å². The van der Waals surface area contributed by atoms with Crippen molar-refractivity contribution in [3.63, 3.8) is 0 Å². The zero-order valence-corrected chi connectivity index (χ0v) is 13.5. The average molecular weight is 349 g/mol. The van der Waals surface area contributed by atoms with Gasteiger partial charge in [-0.3, -0.25) is 4.79 Å². The van der Waals surface area contributed by atoms with Gasteiger partial charge in [0.2, 0.25) is 5.75 Å². The van der Waals surface area contributed by atoms with Gasteiger partial charge in [-0.15, -0.1) is 0 Å². The molecule has 0 bridgehead atoms. The second-order valence-electron chi connectivity index (χ2n) is 4.86. The molecule has 1 amide bonds. The first-order chi connectivity index (χ1) is 11.9. The highest BCUT2D eigenvalue weighted by Crippen LogP contribution is 2.38. The number of anilines is 1. The fourth-order valence-corrected chi connectivity index (χ4v) is 2.01. The van der Waals surface area contributed by atoms with E-state index in [0.717, 1.165) is 0 Å². The molecule has 0 saturated carbocycles. The number of amides is 1. The molecular weight excluding hydrogens is 333 g/mol. The van der Waals surface area contributed by atoms with E-state index < -0.39 is 17.7 Å². The average Bonchev–Trinajstić information content (AvgIpc) is 2.61. The van der Waals surface area contributed by atoms with Gasteiger partial charge in [0.1, 0.15) is 5.82 Å². The number of carbonyl (C=O) groups is 2. The Morgan fingerprint density at radius 2 is 1.64 bits per heavy atom. The molecule has 8 heteroatoms. The molecule has 0 heterocycles. The number of carboxylic acids is 1. The van der Waals surface area contributed by atoms with Crippen LogP contribution in [0.15, 0.2) is 36.4 Å². The lowest BCUT2D eigenvalue weighted by molar-refractivity contribution is -0.118. The van der Waals surface area contributed by atoms with Crippen molar-refractivity contribution >= 4 is 17.6 Å². The summed E-state index contributed by atoms with van der Waals surface area (Å²) in [6, 6.07) is 7.78. The van der Waals surface area contributed by atoms with Gasteiger partial charge in [-0.25, -0.2) is 9.18 Å². The van der Waals surface area contributed by atoms with Crippen molar-refractivity contribution in [2.45, 2.75) is 0 Å². The Hall–Kier alpha value is -3.29. The molecule has 2 aromatic carbocycles. The summed E-state index contributed by atoms with van der Waals surface area (Å²) in [5.74, 6) is -1.72. The highest BCUT2D eigenvalue weighted by atomic mass is 19.1. The Labute approximate surface area is 142 Å². The second-order valence-corrected chi connectivity index (χ2v) is 4.86. The summed E-state index contributed by atoms with van der Waals surface area (Å²) in [5, 5.41) is 11.6. The molecule has 0 atom stereocenters. The number of carbonyl (C=O) groups excluding carboxylic acids is 1. The minimum absolute atomic E-state index is 0.0446. The van der Waals surface area contributed by atoms with Crippen LogP contribution in [0.2, 0.25) is 0 Å². The number of ether oxygens (including phenoxy) is 3. The van der Waals surface area contributed by atoms with Crippen LogP contribution >= 0.6 is 0 Å². The number of hydrogen-bond acceptors (Lipinski definition) is 5. The number of benzene rings is 2. The third-order valence-electron chi connectivity index (χ3n) is 3.18. The number of rotatable bonds is 7. The predicted molar refractivity (Wildman–Crippen MR) is 87.0 cm³/mol. The van der Waals surface area contributed by atoms with Crippen molar-refractivity contribution in [3.05, 3.63) is 47.8 Å². The summed E-state index contributed by atoms with van der Waals surface area (Å²) in [4.78, 5) is 23.0. The van der Waals surface area contributed by atoms with E-state index in [4.69, 9.17) is 19.3 Å². The van der Waals surface area contributed by atoms with E-state index in [2.05, 4.69) is 5.32 Å². The molecule has 0 aliphatic rings. The van der Waals surface area contributed by atoms with Crippen molar-refractivity contribution in [1.82, 2.24) is 0 Å². The molecule has 0 radical (unpaired) electrons. The molecule has 0 spiro atoms. The number of halogens is 1. The van der Waals surface area contributed by atoms with Crippen LogP contribution in [0.3, 0.4) is 0 Å². The van der Waals surface area contributed by atoms with Gasteiger partial charge in [0.25, 0.3) is 5.91 Å². The standard InChI is InChI=1S/C17H16FNO6/c1-23-13-7-10(17(21)22)8-14(24-2)16(13)25-9-15(20)19-12-5-3-11(18)4-6-12/h3-8H,9H2,1-2H3,(H,19,20)(H,21,22). The van der Waals surface area contributed by atoms with Gasteiger partial charge >= 0.3 is 5.97 Å². The smallest absolute Gasteiger partial charge is 0.335 e. The molecule has 7 nitrogen and oxygen atoms in total. The van der Waals surface area contributed by atoms with Gasteiger partial charge in [0.05, 0.1) is 19.8 Å². The van der Waals surface area contributed by atoms with E-state index in [1.54, 1.807) is 0 Å². The van der Waals surface area contributed by atoms with Gasteiger partial charge < -0.3 is 24.6 Å². The fraction of sp³-hybridized carbons (Fsp3) is 0.176. The summed E-state index contributed by atoms with van der Waals surface area (Å²) in [6.45, 7) is -0.378. The van der Waals surface area contributed by atoms with Gasteiger partial charge in [-0.2, -0.15) is 0 Å². The van der Waals surface area contributed by atoms with E-state index in [-0.39, 0.29) is 29.4 Å². The summed E-state index contributed by atoms with van der Waals surface area (Å²) in [7, 11) is 2.68. The number of methoxy groups -OCH3 is 2. The Morgan fingerprint density at radius 3 is 2.12 bits per heavy atom. The van der Waals surface area contributed by atoms with E-state index in [1.807, 2.05) is 0 Å². The van der Waals surface area contributed by atoms with Crippen molar-refractivity contribution in [3.8, 4) is 17.2 Å². The van der Waals surface area contributed by atoms with Crippen LogP contribution in [0, 0.1) is 5.82 Å². The van der Waals surface area contributed by atoms with Crippen LogP contribution < -0.4 is 19.5 Å². The summed E-state index contributed by atoms with van der Waals surface area (Å²) in [5.41, 5.74) is 0.368. The summed E-state index contributed by atoms with van der Waals surface area (Å²) >= 11 is 0. The second kappa shape index (κ2) is 8.00. The highest BCUT2D eigenvalue weighted by molar-refractivity contribution is 5.92. The molecule has 2 rings (SSSR count). The summed E-state index contributed by atoms with van der Waals surface area (Å²) < 4.78 is 28.5. The molecule has 2 aromatic rings. The molecule has 132 valence electrons. The molecule has 0 aliphatic carbocycles. The zero-order valence-electron chi connectivity index (χ0n) is 13.5. The number of nitrogens with one attached hydrogen (secondary N) is 1. The highest BCUT2D eigenvalue weighted by Gasteiger charge is 2.18. The maximum atomic E-state index is 12.8. The molecular formula is C17H16FNO6. The number of carboxylic acid groups (broad SMARTS) is 1. The van der Waals surface area contributed by atoms with Crippen LogP contribution in [-0.4, -0.2) is 37.8 Å². The van der Waals surface area contributed by atoms with Crippen molar-refractivity contribution in [2.75, 3.05) is 26.1 Å². The van der Waals surface area contributed by atoms with E-state index in [9.17, 15) is 14.0 Å². The first-order valence-corrected chi connectivity index (χ1v) is 7.12. The summed E-state index contributed by atoms with van der Waals surface area (Å²) in [6.07, 6.45) is 0. The Morgan fingerprint density at radius 1 is 1.08 bits per heavy atom. The monoisotopic (exact) mass is 349 g/mol. The van der Waals surface area contributed by atoms with Crippen LogP contribution in [0.4, 0.5) is 10.1 Å². The molecule has 2 N–H and O–H groups in total. The lowest BCUT2D eigenvalue weighted by Crippen LogP contribution is -2.20. The molecule has 0 fully saturated rings. The lowest BCUT2D eigenvalue weighted by atomic mass is 10.2. The Bertz CT molecular complexity index is 750. The quantitative estimate of drug-likeness (QED) is 0.798. The topological polar surface area (TPSA) is 94.1 Å². The maximum Gasteiger partial charge on any atom is 0.335 e. The third kappa shape index (κ3) is 4.60. The SMILES string of the molecule is COc1cc(C(=O)O)cc(OC)c1OCC(=O)Nc1ccc(F)cc1. The predicted octanol–water partition coefficient (Wildman–Crippen LogP) is 2.56. The largest absolute Gasteiger partial charge is 0.493 e. The number of hydrogen-bond donors (Lipinski definition) is 2. The van der Waals surface area contributed by atoms with Gasteiger partial charge in [-0.05, 0) is 36.4 Å². The molecule has 0 aromatic heterocycles. The molecule has 0 saturated heterocycles. The Kier molecular flexibility index (Phi) is 5.78. The van der Waals surface area contributed by atoms with Gasteiger partial charge in [0, 0.05) is 5.69 Å². The minimum atomic E-state index is -1.16. The minimum Gasteiger partial charge on any atom is -0.493 e. The first kappa shape index (κ1) is 18.1. The van der Waals surface area contributed by atoms with E-state index >= 15 is 0 Å². The van der Waals surface area contributed by atoms with Crippen LogP contribution in [-0.2, 0) is 4.79 Å². The van der Waals surface area contributed by atoms with Crippen molar-refractivity contribution in [1.29, 1.82) is 0 Å². The fourth-order valence-electron chi connectivity index (χ4n) is 2.01. The third-order valence-corrected chi connectivity index (χ3v) is 3.18. The van der Waals surface area contributed by atoms with Gasteiger partial charge in [0.15, 0.2) is 18.1 Å². The normalized spacial score (nSPS) is 10.0. The Balaban J connectivity index is 2.12. The van der Waals surface area contributed by atoms with E-state index in [1.165, 1.54) is 50.6 Å². The van der Waals surface area contributed by atoms with Crippen molar-refractivity contribution < 1.29 is 33.3 Å². The lowest BCUT2D eigenvalue weighted by Gasteiger charge is -2.15. The van der Waals surface area contributed by atoms with Crippen molar-refractivity contribution in [2.24, 2.45) is 0 Å². The van der Waals surface area contributed by atoms with Crippen LogP contribution in [0.1, 0.15) is 10.4 Å². The van der Waals surface area contributed by atoms with E-state index in [0.29, 0.717) is 5.69 Å². The molecule has 0 aliphatic heterocycles. The maximum absolute atomic E-state index is 12.8. The zero-order chi connectivity index (χ0) is 18.4.